The van der Waals surface area contributed by atoms with Crippen LogP contribution in [0.25, 0.3) is 0 Å². The van der Waals surface area contributed by atoms with Crippen LogP contribution in [-0.2, 0) is 20.8 Å². The second-order valence-electron chi connectivity index (χ2n) is 6.31. The summed E-state index contributed by atoms with van der Waals surface area (Å²) in [5, 5.41) is 6.88. The first-order valence-corrected chi connectivity index (χ1v) is 8.18. The SMILES string of the molecule is COCCNC(=O)[C@@H]1C[C@H]2[C@H](CCN2Cc2c(C)noc2C)O1. The first kappa shape index (κ1) is 16.4. The second-order valence-corrected chi connectivity index (χ2v) is 6.31. The summed E-state index contributed by atoms with van der Waals surface area (Å²) in [5.41, 5.74) is 2.09. The molecule has 0 radical (unpaired) electrons. The number of rotatable bonds is 6. The Morgan fingerprint density at radius 3 is 3.00 bits per heavy atom. The van der Waals surface area contributed by atoms with Gasteiger partial charge in [0.2, 0.25) is 5.91 Å². The van der Waals surface area contributed by atoms with E-state index in [4.69, 9.17) is 14.0 Å². The molecule has 23 heavy (non-hydrogen) atoms. The second kappa shape index (κ2) is 6.98. The van der Waals surface area contributed by atoms with Crippen molar-refractivity contribution in [1.29, 1.82) is 0 Å². The normalized spacial score (nSPS) is 27.3. The predicted molar refractivity (Wildman–Crippen MR) is 83.0 cm³/mol. The highest BCUT2D eigenvalue weighted by atomic mass is 16.5. The lowest BCUT2D eigenvalue weighted by Gasteiger charge is -2.22. The maximum atomic E-state index is 12.1. The lowest BCUT2D eigenvalue weighted by molar-refractivity contribution is -0.132. The summed E-state index contributed by atoms with van der Waals surface area (Å²) >= 11 is 0. The van der Waals surface area contributed by atoms with Gasteiger partial charge in [0.1, 0.15) is 11.9 Å². The largest absolute Gasteiger partial charge is 0.383 e. The molecule has 0 aromatic carbocycles. The zero-order chi connectivity index (χ0) is 16.4. The fourth-order valence-corrected chi connectivity index (χ4v) is 3.52. The van der Waals surface area contributed by atoms with Gasteiger partial charge in [0, 0.05) is 44.8 Å². The summed E-state index contributed by atoms with van der Waals surface area (Å²) in [6, 6.07) is 0.293. The van der Waals surface area contributed by atoms with Crippen LogP contribution in [0, 0.1) is 13.8 Å². The summed E-state index contributed by atoms with van der Waals surface area (Å²) in [7, 11) is 1.62. The average molecular weight is 323 g/mol. The fourth-order valence-electron chi connectivity index (χ4n) is 3.52. The standard InChI is InChI=1S/C16H25N3O4/c1-10-12(11(2)23-18-10)9-19-6-4-14-13(19)8-15(22-14)16(20)17-5-7-21-3/h13-15H,4-9H2,1-3H3,(H,17,20)/t13-,14-,15-/m0/s1. The first-order chi connectivity index (χ1) is 11.1. The number of nitrogens with one attached hydrogen (secondary N) is 1. The van der Waals surface area contributed by atoms with Gasteiger partial charge in [0.25, 0.3) is 0 Å². The predicted octanol–water partition coefficient (Wildman–Crippen LogP) is 0.786. The van der Waals surface area contributed by atoms with Crippen LogP contribution in [0.15, 0.2) is 4.52 Å². The van der Waals surface area contributed by atoms with Gasteiger partial charge >= 0.3 is 0 Å². The smallest absolute Gasteiger partial charge is 0.249 e. The summed E-state index contributed by atoms with van der Waals surface area (Å²) in [4.78, 5) is 14.5. The van der Waals surface area contributed by atoms with Gasteiger partial charge in [0.05, 0.1) is 18.4 Å². The Labute approximate surface area is 136 Å². The van der Waals surface area contributed by atoms with Crippen molar-refractivity contribution in [2.24, 2.45) is 0 Å². The van der Waals surface area contributed by atoms with Crippen molar-refractivity contribution < 1.29 is 18.8 Å². The Kier molecular flexibility index (Phi) is 4.99. The minimum Gasteiger partial charge on any atom is -0.383 e. The molecule has 0 saturated carbocycles. The van der Waals surface area contributed by atoms with Gasteiger partial charge in [-0.25, -0.2) is 0 Å². The molecule has 3 heterocycles. The van der Waals surface area contributed by atoms with E-state index in [-0.39, 0.29) is 18.1 Å². The molecule has 0 bridgehead atoms. The van der Waals surface area contributed by atoms with Gasteiger partial charge in [0.15, 0.2) is 0 Å². The fraction of sp³-hybridized carbons (Fsp3) is 0.750. The molecule has 1 amide bonds. The summed E-state index contributed by atoms with van der Waals surface area (Å²) in [6.07, 6.45) is 1.51. The summed E-state index contributed by atoms with van der Waals surface area (Å²) in [6.45, 7) is 6.74. The summed E-state index contributed by atoms with van der Waals surface area (Å²) in [5.74, 6) is 0.840. The molecule has 2 fully saturated rings. The summed E-state index contributed by atoms with van der Waals surface area (Å²) < 4.78 is 16.2. The number of methoxy groups -OCH3 is 1. The molecular weight excluding hydrogens is 298 g/mol. The Balaban J connectivity index is 1.57. The third-order valence-corrected chi connectivity index (χ3v) is 4.83. The van der Waals surface area contributed by atoms with Crippen LogP contribution in [0.3, 0.4) is 0 Å². The van der Waals surface area contributed by atoms with Crippen LogP contribution < -0.4 is 5.32 Å². The number of hydrogen-bond acceptors (Lipinski definition) is 6. The van der Waals surface area contributed by atoms with Gasteiger partial charge < -0.3 is 19.3 Å². The first-order valence-electron chi connectivity index (χ1n) is 8.18. The van der Waals surface area contributed by atoms with Crippen molar-refractivity contribution in [3.63, 3.8) is 0 Å². The molecule has 2 aliphatic rings. The average Bonchev–Trinajstić information content (AvgIpc) is 3.19. The Morgan fingerprint density at radius 1 is 1.48 bits per heavy atom. The number of fused-ring (bicyclic) bond motifs is 1. The molecule has 1 aromatic heterocycles. The number of carbonyl (C=O) groups is 1. The van der Waals surface area contributed by atoms with E-state index in [1.54, 1.807) is 7.11 Å². The number of aryl methyl sites for hydroxylation is 2. The zero-order valence-electron chi connectivity index (χ0n) is 14.0. The lowest BCUT2D eigenvalue weighted by atomic mass is 10.1. The number of likely N-dealkylation sites (tertiary alicyclic amines) is 1. The lowest BCUT2D eigenvalue weighted by Crippen LogP contribution is -2.37. The molecule has 1 N–H and O–H groups in total. The number of amides is 1. The maximum Gasteiger partial charge on any atom is 0.249 e. The van der Waals surface area contributed by atoms with E-state index in [0.717, 1.165) is 42.9 Å². The van der Waals surface area contributed by atoms with Gasteiger partial charge in [-0.3, -0.25) is 9.69 Å². The van der Waals surface area contributed by atoms with E-state index in [1.165, 1.54) is 0 Å². The number of hydrogen-bond donors (Lipinski definition) is 1. The quantitative estimate of drug-likeness (QED) is 0.780. The molecule has 7 nitrogen and oxygen atoms in total. The maximum absolute atomic E-state index is 12.1. The van der Waals surface area contributed by atoms with E-state index in [9.17, 15) is 4.79 Å². The molecular formula is C16H25N3O4. The minimum atomic E-state index is -0.352. The van der Waals surface area contributed by atoms with Crippen molar-refractivity contribution in [3.8, 4) is 0 Å². The highest BCUT2D eigenvalue weighted by Crippen LogP contribution is 2.34. The topological polar surface area (TPSA) is 76.8 Å². The van der Waals surface area contributed by atoms with Gasteiger partial charge in [-0.1, -0.05) is 5.16 Å². The van der Waals surface area contributed by atoms with Crippen LogP contribution in [0.4, 0.5) is 0 Å². The van der Waals surface area contributed by atoms with E-state index >= 15 is 0 Å². The van der Waals surface area contributed by atoms with E-state index < -0.39 is 0 Å². The molecule has 128 valence electrons. The minimum absolute atomic E-state index is 0.0336. The highest BCUT2D eigenvalue weighted by Gasteiger charge is 2.45. The monoisotopic (exact) mass is 323 g/mol. The van der Waals surface area contributed by atoms with Gasteiger partial charge in [-0.05, 0) is 20.3 Å². The van der Waals surface area contributed by atoms with E-state index in [1.807, 2.05) is 13.8 Å². The van der Waals surface area contributed by atoms with Gasteiger partial charge in [-0.15, -0.1) is 0 Å². The Hall–Kier alpha value is -1.44. The van der Waals surface area contributed by atoms with Crippen LogP contribution in [-0.4, -0.2) is 61.0 Å². The molecule has 1 aromatic rings. The van der Waals surface area contributed by atoms with Crippen LogP contribution in [0.5, 0.6) is 0 Å². The third kappa shape index (κ3) is 3.41. The molecule has 0 spiro atoms. The number of ether oxygens (including phenoxy) is 2. The molecule has 2 saturated heterocycles. The van der Waals surface area contributed by atoms with Crippen LogP contribution >= 0.6 is 0 Å². The number of carbonyl (C=O) groups excluding carboxylic acids is 1. The number of aromatic nitrogens is 1. The zero-order valence-corrected chi connectivity index (χ0v) is 14.0. The highest BCUT2D eigenvalue weighted by molar-refractivity contribution is 5.81. The van der Waals surface area contributed by atoms with Crippen LogP contribution in [0.2, 0.25) is 0 Å². The van der Waals surface area contributed by atoms with E-state index in [2.05, 4.69) is 15.4 Å². The Morgan fingerprint density at radius 2 is 2.30 bits per heavy atom. The van der Waals surface area contributed by atoms with Crippen molar-refractivity contribution in [2.45, 2.75) is 51.5 Å². The molecule has 3 atom stereocenters. The van der Waals surface area contributed by atoms with Crippen LogP contribution in [0.1, 0.15) is 29.9 Å². The Bertz CT molecular complexity index is 540. The van der Waals surface area contributed by atoms with E-state index in [0.29, 0.717) is 19.2 Å². The van der Waals surface area contributed by atoms with Crippen molar-refractivity contribution in [3.05, 3.63) is 17.0 Å². The van der Waals surface area contributed by atoms with Crippen molar-refractivity contribution >= 4 is 5.91 Å². The molecule has 7 heteroatoms. The molecule has 2 aliphatic heterocycles. The van der Waals surface area contributed by atoms with Crippen molar-refractivity contribution in [1.82, 2.24) is 15.4 Å². The molecule has 0 aliphatic carbocycles. The third-order valence-electron chi connectivity index (χ3n) is 4.83. The molecule has 0 unspecified atom stereocenters. The molecule has 3 rings (SSSR count). The van der Waals surface area contributed by atoms with Gasteiger partial charge in [-0.2, -0.15) is 0 Å². The van der Waals surface area contributed by atoms with Crippen molar-refractivity contribution in [2.75, 3.05) is 26.8 Å². The number of nitrogens with zero attached hydrogens (tertiary/aromatic N) is 2.